The van der Waals surface area contributed by atoms with Crippen LogP contribution in [0.15, 0.2) is 29.2 Å². The van der Waals surface area contributed by atoms with Gasteiger partial charge in [0.25, 0.3) is 0 Å². The van der Waals surface area contributed by atoms with E-state index in [1.807, 2.05) is 0 Å². The molecule has 0 fully saturated rings. The third kappa shape index (κ3) is 5.43. The standard InChI is InChI=1S/C12H17N3O4S2/c1-12(2,15-20(3,16)17)9-14-21(18,19)11-7-5-4-6-10(11)8-13/h4-7,14-15H,9H2,1-3H3. The van der Waals surface area contributed by atoms with Gasteiger partial charge in [0.1, 0.15) is 6.07 Å². The molecule has 7 nitrogen and oxygen atoms in total. The van der Waals surface area contributed by atoms with E-state index in [0.29, 0.717) is 0 Å². The molecule has 1 aromatic carbocycles. The molecule has 0 amide bonds. The third-order valence-corrected chi connectivity index (χ3v) is 4.85. The summed E-state index contributed by atoms with van der Waals surface area (Å²) in [6.07, 6.45) is 0.994. The topological polar surface area (TPSA) is 116 Å². The van der Waals surface area contributed by atoms with Crippen molar-refractivity contribution < 1.29 is 16.8 Å². The molecule has 0 aromatic heterocycles. The minimum absolute atomic E-state index is 0.0267. The van der Waals surface area contributed by atoms with E-state index >= 15 is 0 Å². The summed E-state index contributed by atoms with van der Waals surface area (Å²) in [6, 6.07) is 7.59. The first kappa shape index (κ1) is 17.6. The molecule has 9 heteroatoms. The van der Waals surface area contributed by atoms with E-state index in [1.54, 1.807) is 26.0 Å². The number of benzene rings is 1. The summed E-state index contributed by atoms with van der Waals surface area (Å²) in [5.41, 5.74) is -0.971. The molecule has 0 aliphatic carbocycles. The molecule has 0 radical (unpaired) electrons. The van der Waals surface area contributed by atoms with Crippen molar-refractivity contribution in [2.24, 2.45) is 0 Å². The lowest BCUT2D eigenvalue weighted by Crippen LogP contribution is -2.50. The normalized spacial score (nSPS) is 12.9. The zero-order valence-electron chi connectivity index (χ0n) is 11.9. The molecule has 0 saturated heterocycles. The molecule has 0 heterocycles. The van der Waals surface area contributed by atoms with E-state index in [-0.39, 0.29) is 17.0 Å². The molecular formula is C12H17N3O4S2. The van der Waals surface area contributed by atoms with E-state index < -0.39 is 25.6 Å². The minimum Gasteiger partial charge on any atom is -0.213 e. The maximum absolute atomic E-state index is 12.2. The molecule has 0 aliphatic rings. The van der Waals surface area contributed by atoms with Crippen LogP contribution < -0.4 is 9.44 Å². The van der Waals surface area contributed by atoms with Gasteiger partial charge in [-0.15, -0.1) is 0 Å². The van der Waals surface area contributed by atoms with Gasteiger partial charge in [-0.25, -0.2) is 26.3 Å². The van der Waals surface area contributed by atoms with Crippen molar-refractivity contribution in [1.29, 1.82) is 5.26 Å². The Morgan fingerprint density at radius 3 is 2.29 bits per heavy atom. The van der Waals surface area contributed by atoms with E-state index in [9.17, 15) is 16.8 Å². The largest absolute Gasteiger partial charge is 0.241 e. The third-order valence-electron chi connectivity index (χ3n) is 2.46. The molecule has 0 atom stereocenters. The maximum atomic E-state index is 12.2. The highest BCUT2D eigenvalue weighted by Crippen LogP contribution is 2.14. The fraction of sp³-hybridized carbons (Fsp3) is 0.417. The number of nitrogens with one attached hydrogen (secondary N) is 2. The lowest BCUT2D eigenvalue weighted by molar-refractivity contribution is 0.446. The average molecular weight is 331 g/mol. The van der Waals surface area contributed by atoms with Gasteiger partial charge < -0.3 is 0 Å². The molecule has 1 aromatic rings. The van der Waals surface area contributed by atoms with E-state index in [4.69, 9.17) is 5.26 Å². The van der Waals surface area contributed by atoms with Crippen LogP contribution in [0.4, 0.5) is 0 Å². The molecule has 116 valence electrons. The number of sulfonamides is 2. The van der Waals surface area contributed by atoms with Gasteiger partial charge in [-0.05, 0) is 26.0 Å². The van der Waals surface area contributed by atoms with Crippen molar-refractivity contribution in [2.45, 2.75) is 24.3 Å². The average Bonchev–Trinajstić information content (AvgIpc) is 2.34. The number of rotatable bonds is 6. The molecule has 0 unspecified atom stereocenters. The Labute approximate surface area is 125 Å². The lowest BCUT2D eigenvalue weighted by atomic mass is 10.1. The van der Waals surface area contributed by atoms with Crippen LogP contribution in [-0.2, 0) is 20.0 Å². The molecule has 0 aliphatic heterocycles. The van der Waals surface area contributed by atoms with Crippen molar-refractivity contribution >= 4 is 20.0 Å². The second kappa shape index (κ2) is 6.11. The quantitative estimate of drug-likeness (QED) is 0.770. The maximum Gasteiger partial charge on any atom is 0.241 e. The monoisotopic (exact) mass is 331 g/mol. The van der Waals surface area contributed by atoms with Crippen molar-refractivity contribution in [3.63, 3.8) is 0 Å². The second-order valence-electron chi connectivity index (χ2n) is 5.19. The molecule has 2 N–H and O–H groups in total. The first-order chi connectivity index (χ1) is 9.47. The summed E-state index contributed by atoms with van der Waals surface area (Å²) < 4.78 is 51.4. The Morgan fingerprint density at radius 1 is 1.19 bits per heavy atom. The molecule has 0 saturated carbocycles. The summed E-state index contributed by atoms with van der Waals surface area (Å²) in [5, 5.41) is 8.93. The zero-order valence-corrected chi connectivity index (χ0v) is 13.5. The minimum atomic E-state index is -3.90. The first-order valence-electron chi connectivity index (χ1n) is 5.95. The van der Waals surface area contributed by atoms with Gasteiger partial charge in [0.15, 0.2) is 0 Å². The lowest BCUT2D eigenvalue weighted by Gasteiger charge is -2.25. The smallest absolute Gasteiger partial charge is 0.213 e. The Morgan fingerprint density at radius 2 is 1.76 bits per heavy atom. The fourth-order valence-electron chi connectivity index (χ4n) is 1.68. The van der Waals surface area contributed by atoms with Crippen LogP contribution in [0.2, 0.25) is 0 Å². The summed E-state index contributed by atoms with van der Waals surface area (Å²) >= 11 is 0. The first-order valence-corrected chi connectivity index (χ1v) is 9.32. The number of hydrogen-bond donors (Lipinski definition) is 2. The number of nitriles is 1. The van der Waals surface area contributed by atoms with Crippen LogP contribution in [-0.4, -0.2) is 35.2 Å². The van der Waals surface area contributed by atoms with Gasteiger partial charge in [-0.3, -0.25) is 0 Å². The predicted molar refractivity (Wildman–Crippen MR) is 78.4 cm³/mol. The molecule has 0 spiro atoms. The van der Waals surface area contributed by atoms with Gasteiger partial charge >= 0.3 is 0 Å². The molecular weight excluding hydrogens is 314 g/mol. The SMILES string of the molecule is CC(C)(CNS(=O)(=O)c1ccccc1C#N)NS(C)(=O)=O. The van der Waals surface area contributed by atoms with E-state index in [2.05, 4.69) is 9.44 Å². The zero-order chi connectivity index (χ0) is 16.3. The summed E-state index contributed by atoms with van der Waals surface area (Å²) in [7, 11) is -7.36. The highest BCUT2D eigenvalue weighted by Gasteiger charge is 2.26. The Balaban J connectivity index is 2.95. The Bertz CT molecular complexity index is 762. The second-order valence-corrected chi connectivity index (χ2v) is 8.67. The van der Waals surface area contributed by atoms with Crippen molar-refractivity contribution in [3.8, 4) is 6.07 Å². The molecule has 21 heavy (non-hydrogen) atoms. The van der Waals surface area contributed by atoms with Gasteiger partial charge in [0, 0.05) is 12.1 Å². The van der Waals surface area contributed by atoms with Crippen LogP contribution in [0, 0.1) is 11.3 Å². The number of hydrogen-bond acceptors (Lipinski definition) is 5. The van der Waals surface area contributed by atoms with Gasteiger partial charge in [0.2, 0.25) is 20.0 Å². The van der Waals surface area contributed by atoms with Crippen LogP contribution >= 0.6 is 0 Å². The van der Waals surface area contributed by atoms with Crippen molar-refractivity contribution in [1.82, 2.24) is 9.44 Å². The van der Waals surface area contributed by atoms with Gasteiger partial charge in [0.05, 0.1) is 16.7 Å². The van der Waals surface area contributed by atoms with Crippen LogP contribution in [0.1, 0.15) is 19.4 Å². The Kier molecular flexibility index (Phi) is 5.11. The van der Waals surface area contributed by atoms with E-state index in [0.717, 1.165) is 6.26 Å². The van der Waals surface area contributed by atoms with Crippen molar-refractivity contribution in [3.05, 3.63) is 29.8 Å². The fourth-order valence-corrected chi connectivity index (χ4v) is 4.13. The summed E-state index contributed by atoms with van der Waals surface area (Å²) in [6.45, 7) is 2.95. The summed E-state index contributed by atoms with van der Waals surface area (Å²) in [5.74, 6) is 0. The Hall–Kier alpha value is -1.47. The van der Waals surface area contributed by atoms with Crippen molar-refractivity contribution in [2.75, 3.05) is 12.8 Å². The van der Waals surface area contributed by atoms with Gasteiger partial charge in [-0.1, -0.05) is 12.1 Å². The predicted octanol–water partition coefficient (Wildman–Crippen LogP) is 0.164. The van der Waals surface area contributed by atoms with E-state index in [1.165, 1.54) is 18.2 Å². The number of nitrogens with zero attached hydrogens (tertiary/aromatic N) is 1. The van der Waals surface area contributed by atoms with Crippen LogP contribution in [0.25, 0.3) is 0 Å². The highest BCUT2D eigenvalue weighted by atomic mass is 32.2. The van der Waals surface area contributed by atoms with Crippen LogP contribution in [0.5, 0.6) is 0 Å². The summed E-state index contributed by atoms with van der Waals surface area (Å²) in [4.78, 5) is -0.136. The molecule has 0 bridgehead atoms. The van der Waals surface area contributed by atoms with Gasteiger partial charge in [-0.2, -0.15) is 5.26 Å². The van der Waals surface area contributed by atoms with Crippen LogP contribution in [0.3, 0.4) is 0 Å². The highest BCUT2D eigenvalue weighted by molar-refractivity contribution is 7.89. The molecule has 1 rings (SSSR count).